The van der Waals surface area contributed by atoms with E-state index in [1.165, 1.54) is 128 Å². The average molecular weight is 722 g/mol. The number of rotatable bonds is 40. The molecule has 0 rings (SSSR count). The van der Waals surface area contributed by atoms with Crippen LogP contribution in [0.2, 0.25) is 0 Å². The minimum absolute atomic E-state index is 0.0718. The first-order valence-corrected chi connectivity index (χ1v) is 22.4. The molecular formula is C45H87NO5. The van der Waals surface area contributed by atoms with Crippen molar-refractivity contribution in [2.45, 2.75) is 257 Å². The van der Waals surface area contributed by atoms with Crippen molar-refractivity contribution in [2.24, 2.45) is 0 Å². The van der Waals surface area contributed by atoms with Gasteiger partial charge in [-0.25, -0.2) is 0 Å². The van der Waals surface area contributed by atoms with Crippen LogP contribution in [-0.2, 0) is 14.3 Å². The Hall–Kier alpha value is -1.40. The van der Waals surface area contributed by atoms with Crippen molar-refractivity contribution in [3.05, 3.63) is 12.2 Å². The van der Waals surface area contributed by atoms with Gasteiger partial charge in [-0.1, -0.05) is 193 Å². The van der Waals surface area contributed by atoms with Crippen LogP contribution < -0.4 is 5.32 Å². The number of aliphatic hydroxyl groups excluding tert-OH is 2. The van der Waals surface area contributed by atoms with Gasteiger partial charge in [0.25, 0.3) is 0 Å². The number of nitrogens with one attached hydrogen (secondary N) is 1. The number of amides is 1. The summed E-state index contributed by atoms with van der Waals surface area (Å²) in [5, 5.41) is 23.6. The van der Waals surface area contributed by atoms with Gasteiger partial charge in [-0.15, -0.1) is 0 Å². The zero-order valence-corrected chi connectivity index (χ0v) is 34.3. The lowest BCUT2D eigenvalue weighted by Crippen LogP contribution is -2.46. The van der Waals surface area contributed by atoms with Gasteiger partial charge < -0.3 is 20.3 Å². The third-order valence-electron chi connectivity index (χ3n) is 10.3. The van der Waals surface area contributed by atoms with Gasteiger partial charge in [-0.2, -0.15) is 0 Å². The monoisotopic (exact) mass is 722 g/mol. The quantitative estimate of drug-likeness (QED) is 0.0332. The second-order valence-electron chi connectivity index (χ2n) is 15.5. The third kappa shape index (κ3) is 35.4. The Morgan fingerprint density at radius 3 is 1.47 bits per heavy atom. The van der Waals surface area contributed by atoms with Crippen LogP contribution in [0.25, 0.3) is 0 Å². The summed E-state index contributed by atoms with van der Waals surface area (Å²) in [4.78, 5) is 25.9. The van der Waals surface area contributed by atoms with Gasteiger partial charge in [0.05, 0.1) is 25.2 Å². The van der Waals surface area contributed by atoms with Crippen molar-refractivity contribution >= 4 is 11.9 Å². The summed E-state index contributed by atoms with van der Waals surface area (Å²) >= 11 is 0. The molecule has 51 heavy (non-hydrogen) atoms. The molecule has 6 nitrogen and oxygen atoms in total. The number of hydrogen-bond donors (Lipinski definition) is 3. The topological polar surface area (TPSA) is 95.9 Å². The van der Waals surface area contributed by atoms with Crippen LogP contribution >= 0.6 is 0 Å². The molecule has 0 fully saturated rings. The van der Waals surface area contributed by atoms with E-state index in [2.05, 4.69) is 38.2 Å². The summed E-state index contributed by atoms with van der Waals surface area (Å²) in [6.07, 6.45) is 41.3. The van der Waals surface area contributed by atoms with E-state index in [9.17, 15) is 19.8 Å². The predicted octanol–water partition coefficient (Wildman–Crippen LogP) is 12.6. The van der Waals surface area contributed by atoms with Crippen LogP contribution in [-0.4, -0.2) is 46.9 Å². The van der Waals surface area contributed by atoms with Crippen molar-refractivity contribution in [1.82, 2.24) is 5.32 Å². The molecule has 3 atom stereocenters. The molecule has 0 radical (unpaired) electrons. The maximum Gasteiger partial charge on any atom is 0.306 e. The van der Waals surface area contributed by atoms with Crippen molar-refractivity contribution < 1.29 is 24.5 Å². The first-order valence-electron chi connectivity index (χ1n) is 22.4. The fourth-order valence-corrected chi connectivity index (χ4v) is 6.90. The van der Waals surface area contributed by atoms with Gasteiger partial charge in [0.2, 0.25) is 5.91 Å². The van der Waals surface area contributed by atoms with Crippen LogP contribution in [0, 0.1) is 0 Å². The summed E-state index contributed by atoms with van der Waals surface area (Å²) in [5.41, 5.74) is 0. The van der Waals surface area contributed by atoms with Crippen LogP contribution in [0.5, 0.6) is 0 Å². The highest BCUT2D eigenvalue weighted by Gasteiger charge is 2.24. The molecule has 0 aromatic carbocycles. The fraction of sp³-hybridized carbons (Fsp3) is 0.911. The molecule has 302 valence electrons. The molecule has 3 unspecified atom stereocenters. The molecule has 0 aliphatic heterocycles. The average Bonchev–Trinajstić information content (AvgIpc) is 3.12. The van der Waals surface area contributed by atoms with Crippen LogP contribution in [0.4, 0.5) is 0 Å². The van der Waals surface area contributed by atoms with E-state index in [0.717, 1.165) is 64.2 Å². The molecule has 0 aromatic rings. The van der Waals surface area contributed by atoms with E-state index in [-0.39, 0.29) is 24.9 Å². The van der Waals surface area contributed by atoms with Crippen molar-refractivity contribution in [1.29, 1.82) is 0 Å². The van der Waals surface area contributed by atoms with Crippen LogP contribution in [0.1, 0.15) is 239 Å². The van der Waals surface area contributed by atoms with E-state index >= 15 is 0 Å². The molecule has 0 saturated heterocycles. The minimum Gasteiger partial charge on any atom is -0.462 e. The highest BCUT2D eigenvalue weighted by molar-refractivity contribution is 5.77. The van der Waals surface area contributed by atoms with Gasteiger partial charge in [0, 0.05) is 6.42 Å². The second kappa shape index (κ2) is 39.8. The zero-order valence-electron chi connectivity index (χ0n) is 34.3. The lowest BCUT2D eigenvalue weighted by Gasteiger charge is -2.24. The Balaban J connectivity index is 4.48. The molecule has 3 N–H and O–H groups in total. The highest BCUT2D eigenvalue weighted by Crippen LogP contribution is 2.17. The Bertz CT molecular complexity index is 772. The first-order chi connectivity index (χ1) is 25.0. The Morgan fingerprint density at radius 2 is 0.980 bits per heavy atom. The molecule has 0 heterocycles. The number of hydrogen-bond acceptors (Lipinski definition) is 5. The molecule has 0 aliphatic carbocycles. The molecular weight excluding hydrogens is 634 g/mol. The fourth-order valence-electron chi connectivity index (χ4n) is 6.90. The Morgan fingerprint density at radius 1 is 0.549 bits per heavy atom. The minimum atomic E-state index is -0.783. The number of unbranched alkanes of at least 4 members (excludes halogenated alkanes) is 26. The molecule has 0 spiro atoms. The largest absolute Gasteiger partial charge is 0.462 e. The second-order valence-corrected chi connectivity index (χ2v) is 15.5. The maximum atomic E-state index is 13.1. The van der Waals surface area contributed by atoms with Crippen LogP contribution in [0.3, 0.4) is 0 Å². The van der Waals surface area contributed by atoms with Gasteiger partial charge in [0.1, 0.15) is 6.10 Å². The molecule has 0 aromatic heterocycles. The van der Waals surface area contributed by atoms with E-state index in [0.29, 0.717) is 19.3 Å². The van der Waals surface area contributed by atoms with Gasteiger partial charge in [-0.05, 0) is 44.9 Å². The SMILES string of the molecule is CCC/C=C\CCCCCC(CC(=O)NC(CO)C(O)CCCCCCCCCCCCC)OC(=O)CCCCCCCCCCCCCCC. The third-order valence-corrected chi connectivity index (χ3v) is 10.3. The smallest absolute Gasteiger partial charge is 0.306 e. The molecule has 6 heteroatoms. The first kappa shape index (κ1) is 49.6. The molecule has 0 saturated carbocycles. The number of aliphatic hydroxyl groups is 2. The number of carbonyl (C=O) groups excluding carboxylic acids is 2. The zero-order chi connectivity index (χ0) is 37.5. The molecule has 0 aliphatic rings. The van der Waals surface area contributed by atoms with Crippen molar-refractivity contribution in [3.8, 4) is 0 Å². The van der Waals surface area contributed by atoms with Gasteiger partial charge in [-0.3, -0.25) is 9.59 Å². The summed E-state index contributed by atoms with van der Waals surface area (Å²) in [6, 6.07) is -0.697. The summed E-state index contributed by atoms with van der Waals surface area (Å²) in [7, 11) is 0. The number of allylic oxidation sites excluding steroid dienone is 2. The van der Waals surface area contributed by atoms with Gasteiger partial charge in [0.15, 0.2) is 0 Å². The number of esters is 1. The standard InChI is InChI=1S/C45H87NO5/c1-4-7-10-13-16-19-21-22-24-26-29-32-35-38-45(50)51-41(36-33-30-27-18-15-12-9-6-3)39-44(49)46-42(40-47)43(48)37-34-31-28-25-23-20-17-14-11-8-5-2/h12,15,41-43,47-48H,4-11,13-14,16-40H2,1-3H3,(H,46,49)/b15-12-. The highest BCUT2D eigenvalue weighted by atomic mass is 16.5. The van der Waals surface area contributed by atoms with Crippen LogP contribution in [0.15, 0.2) is 12.2 Å². The number of ether oxygens (including phenoxy) is 1. The number of carbonyl (C=O) groups is 2. The Labute approximate surface area is 317 Å². The molecule has 0 bridgehead atoms. The van der Waals surface area contributed by atoms with E-state index in [1.54, 1.807) is 0 Å². The predicted molar refractivity (Wildman–Crippen MR) is 218 cm³/mol. The van der Waals surface area contributed by atoms with Crippen molar-refractivity contribution in [2.75, 3.05) is 6.61 Å². The Kier molecular flexibility index (Phi) is 38.7. The van der Waals surface area contributed by atoms with Gasteiger partial charge >= 0.3 is 5.97 Å². The van der Waals surface area contributed by atoms with Crippen molar-refractivity contribution in [3.63, 3.8) is 0 Å². The van der Waals surface area contributed by atoms with E-state index in [4.69, 9.17) is 4.74 Å². The van der Waals surface area contributed by atoms with E-state index in [1.807, 2.05) is 0 Å². The summed E-state index contributed by atoms with van der Waals surface area (Å²) in [6.45, 7) is 6.40. The van der Waals surface area contributed by atoms with E-state index < -0.39 is 18.2 Å². The maximum absolute atomic E-state index is 13.1. The molecule has 1 amide bonds. The summed E-state index contributed by atoms with van der Waals surface area (Å²) < 4.78 is 5.87. The lowest BCUT2D eigenvalue weighted by molar-refractivity contribution is -0.151. The normalized spacial score (nSPS) is 13.4. The lowest BCUT2D eigenvalue weighted by atomic mass is 10.0. The summed E-state index contributed by atoms with van der Waals surface area (Å²) in [5.74, 6) is -0.484.